The molecule has 0 aliphatic rings. The van der Waals surface area contributed by atoms with Crippen LogP contribution in [0.3, 0.4) is 0 Å². The van der Waals surface area contributed by atoms with E-state index in [9.17, 15) is 14.9 Å². The van der Waals surface area contributed by atoms with E-state index in [0.29, 0.717) is 12.1 Å². The van der Waals surface area contributed by atoms with Gasteiger partial charge in [0.25, 0.3) is 11.6 Å². The lowest BCUT2D eigenvalue weighted by molar-refractivity contribution is -0.385. The highest BCUT2D eigenvalue weighted by Gasteiger charge is 2.21. The van der Waals surface area contributed by atoms with Crippen LogP contribution in [0, 0.1) is 28.4 Å². The predicted molar refractivity (Wildman–Crippen MR) is 65.0 cm³/mol. The first-order valence-electron chi connectivity index (χ1n) is 5.43. The van der Waals surface area contributed by atoms with Crippen molar-refractivity contribution in [3.8, 4) is 6.07 Å². The molecule has 94 valence electrons. The van der Waals surface area contributed by atoms with E-state index in [0.717, 1.165) is 0 Å². The highest BCUT2D eigenvalue weighted by atomic mass is 16.6. The molecule has 6 nitrogen and oxygen atoms in total. The molecule has 0 saturated heterocycles. The zero-order valence-corrected chi connectivity index (χ0v) is 10.2. The largest absolute Gasteiger partial charge is 0.326 e. The smallest absolute Gasteiger partial charge is 0.273 e. The van der Waals surface area contributed by atoms with E-state index in [1.807, 2.05) is 6.07 Å². The maximum Gasteiger partial charge on any atom is 0.273 e. The second-order valence-corrected chi connectivity index (χ2v) is 3.68. The van der Waals surface area contributed by atoms with Gasteiger partial charge in [0.15, 0.2) is 0 Å². The molecule has 0 radical (unpaired) electrons. The highest BCUT2D eigenvalue weighted by molar-refractivity contribution is 5.96. The van der Waals surface area contributed by atoms with Gasteiger partial charge in [-0.1, -0.05) is 6.07 Å². The normalized spacial score (nSPS) is 9.61. The van der Waals surface area contributed by atoms with Crippen LogP contribution < -0.4 is 0 Å². The van der Waals surface area contributed by atoms with Crippen LogP contribution in [0.4, 0.5) is 5.69 Å². The maximum atomic E-state index is 12.1. The Hall–Kier alpha value is -2.42. The van der Waals surface area contributed by atoms with Crippen molar-refractivity contribution in [3.05, 3.63) is 39.4 Å². The fourth-order valence-corrected chi connectivity index (χ4v) is 1.64. The van der Waals surface area contributed by atoms with E-state index >= 15 is 0 Å². The van der Waals surface area contributed by atoms with E-state index < -0.39 is 4.92 Å². The summed E-state index contributed by atoms with van der Waals surface area (Å²) in [6.45, 7) is 3.64. The maximum absolute atomic E-state index is 12.1. The van der Waals surface area contributed by atoms with Crippen LogP contribution in [-0.2, 0) is 0 Å². The van der Waals surface area contributed by atoms with E-state index in [4.69, 9.17) is 5.26 Å². The van der Waals surface area contributed by atoms with Crippen LogP contribution in [0.15, 0.2) is 18.2 Å². The third-order valence-corrected chi connectivity index (χ3v) is 2.66. The van der Waals surface area contributed by atoms with Gasteiger partial charge in [0.1, 0.15) is 6.54 Å². The molecule has 1 rings (SSSR count). The molecular formula is C12H13N3O3. The Bertz CT molecular complexity index is 520. The van der Waals surface area contributed by atoms with Gasteiger partial charge >= 0.3 is 0 Å². The molecule has 0 fully saturated rings. The number of hydrogen-bond donors (Lipinski definition) is 0. The van der Waals surface area contributed by atoms with Crippen molar-refractivity contribution >= 4 is 11.6 Å². The van der Waals surface area contributed by atoms with Crippen LogP contribution in [0.25, 0.3) is 0 Å². The standard InChI is InChI=1S/C12H13N3O3/c1-3-14(8-7-13)12(16)10-5-4-6-11(9(10)2)15(17)18/h4-6H,3,8H2,1-2H3. The number of hydrogen-bond acceptors (Lipinski definition) is 4. The third-order valence-electron chi connectivity index (χ3n) is 2.66. The van der Waals surface area contributed by atoms with Gasteiger partial charge in [-0.2, -0.15) is 5.26 Å². The Labute approximate surface area is 105 Å². The van der Waals surface area contributed by atoms with Crippen LogP contribution in [0.5, 0.6) is 0 Å². The molecule has 18 heavy (non-hydrogen) atoms. The molecule has 0 aromatic heterocycles. The molecule has 0 aliphatic heterocycles. The summed E-state index contributed by atoms with van der Waals surface area (Å²) in [5.74, 6) is -0.361. The van der Waals surface area contributed by atoms with Crippen LogP contribution in [0.2, 0.25) is 0 Å². The third kappa shape index (κ3) is 2.63. The number of nitriles is 1. The predicted octanol–water partition coefficient (Wildman–Crippen LogP) is 1.89. The van der Waals surface area contributed by atoms with Crippen molar-refractivity contribution in [2.24, 2.45) is 0 Å². The average Bonchev–Trinajstić information content (AvgIpc) is 2.35. The Morgan fingerprint density at radius 2 is 2.22 bits per heavy atom. The van der Waals surface area contributed by atoms with Crippen molar-refractivity contribution in [1.29, 1.82) is 5.26 Å². The molecule has 0 spiro atoms. The summed E-state index contributed by atoms with van der Waals surface area (Å²) in [7, 11) is 0. The van der Waals surface area contributed by atoms with Gasteiger partial charge in [-0.05, 0) is 19.9 Å². The number of amides is 1. The van der Waals surface area contributed by atoms with Gasteiger partial charge in [0, 0.05) is 23.7 Å². The van der Waals surface area contributed by atoms with E-state index in [2.05, 4.69) is 0 Å². The molecule has 0 heterocycles. The lowest BCUT2D eigenvalue weighted by Gasteiger charge is -2.18. The van der Waals surface area contributed by atoms with Gasteiger partial charge in [0.2, 0.25) is 0 Å². The fraction of sp³-hybridized carbons (Fsp3) is 0.333. The number of carbonyl (C=O) groups excluding carboxylic acids is 1. The van der Waals surface area contributed by atoms with Gasteiger partial charge < -0.3 is 4.90 Å². The van der Waals surface area contributed by atoms with Crippen molar-refractivity contribution in [1.82, 2.24) is 4.90 Å². The quantitative estimate of drug-likeness (QED) is 0.461. The van der Waals surface area contributed by atoms with Crippen molar-refractivity contribution in [2.45, 2.75) is 13.8 Å². The number of rotatable bonds is 4. The number of nitro groups is 1. The summed E-state index contributed by atoms with van der Waals surface area (Å²) in [4.78, 5) is 23.7. The average molecular weight is 247 g/mol. The molecule has 0 aliphatic carbocycles. The number of nitro benzene ring substituents is 1. The zero-order valence-electron chi connectivity index (χ0n) is 10.2. The Kier molecular flexibility index (Phi) is 4.38. The van der Waals surface area contributed by atoms with Crippen molar-refractivity contribution in [3.63, 3.8) is 0 Å². The minimum Gasteiger partial charge on any atom is -0.326 e. The Morgan fingerprint density at radius 3 is 2.72 bits per heavy atom. The molecule has 0 saturated carbocycles. The van der Waals surface area contributed by atoms with E-state index in [-0.39, 0.29) is 23.7 Å². The lowest BCUT2D eigenvalue weighted by Crippen LogP contribution is -2.31. The first-order chi connectivity index (χ1) is 8.52. The summed E-state index contributed by atoms with van der Waals surface area (Å²) >= 11 is 0. The first kappa shape index (κ1) is 13.6. The highest BCUT2D eigenvalue weighted by Crippen LogP contribution is 2.22. The minimum absolute atomic E-state index is 0.0303. The summed E-state index contributed by atoms with van der Waals surface area (Å²) in [6, 6.07) is 6.25. The monoisotopic (exact) mass is 247 g/mol. The minimum atomic E-state index is -0.521. The Balaban J connectivity index is 3.18. The molecular weight excluding hydrogens is 234 g/mol. The van der Waals surface area contributed by atoms with Gasteiger partial charge in [-0.3, -0.25) is 14.9 Å². The summed E-state index contributed by atoms with van der Waals surface area (Å²) in [5, 5.41) is 19.4. The van der Waals surface area contributed by atoms with E-state index in [1.54, 1.807) is 6.92 Å². The molecule has 1 aromatic rings. The summed E-state index contributed by atoms with van der Waals surface area (Å²) in [6.07, 6.45) is 0. The van der Waals surface area contributed by atoms with Crippen LogP contribution in [-0.4, -0.2) is 28.8 Å². The number of carbonyl (C=O) groups is 1. The summed E-state index contributed by atoms with van der Waals surface area (Å²) in [5.41, 5.74) is 0.499. The molecule has 0 bridgehead atoms. The summed E-state index contributed by atoms with van der Waals surface area (Å²) < 4.78 is 0. The van der Waals surface area contributed by atoms with Gasteiger partial charge in [-0.15, -0.1) is 0 Å². The van der Waals surface area contributed by atoms with E-state index in [1.165, 1.54) is 30.0 Å². The first-order valence-corrected chi connectivity index (χ1v) is 5.43. The van der Waals surface area contributed by atoms with Gasteiger partial charge in [0.05, 0.1) is 11.0 Å². The molecule has 6 heteroatoms. The lowest BCUT2D eigenvalue weighted by atomic mass is 10.1. The van der Waals surface area contributed by atoms with Gasteiger partial charge in [-0.25, -0.2) is 0 Å². The fourth-order valence-electron chi connectivity index (χ4n) is 1.64. The zero-order chi connectivity index (χ0) is 13.7. The van der Waals surface area contributed by atoms with Crippen molar-refractivity contribution in [2.75, 3.05) is 13.1 Å². The topological polar surface area (TPSA) is 87.2 Å². The molecule has 0 N–H and O–H groups in total. The second-order valence-electron chi connectivity index (χ2n) is 3.68. The molecule has 0 unspecified atom stereocenters. The number of benzene rings is 1. The number of nitrogens with zero attached hydrogens (tertiary/aromatic N) is 3. The van der Waals surface area contributed by atoms with Crippen molar-refractivity contribution < 1.29 is 9.72 Å². The van der Waals surface area contributed by atoms with Crippen LogP contribution in [0.1, 0.15) is 22.8 Å². The molecule has 1 amide bonds. The second kappa shape index (κ2) is 5.77. The SMILES string of the molecule is CCN(CC#N)C(=O)c1cccc([N+](=O)[O-])c1C. The Morgan fingerprint density at radius 1 is 1.56 bits per heavy atom. The molecule has 1 aromatic carbocycles. The molecule has 0 atom stereocenters. The van der Waals surface area contributed by atoms with Crippen LogP contribution >= 0.6 is 0 Å².